The Labute approximate surface area is 162 Å². The summed E-state index contributed by atoms with van der Waals surface area (Å²) in [5.74, 6) is 1.04. The van der Waals surface area contributed by atoms with Crippen molar-refractivity contribution >= 4 is 17.4 Å². The second-order valence-electron chi connectivity index (χ2n) is 7.01. The van der Waals surface area contributed by atoms with Gasteiger partial charge in [0, 0.05) is 51.2 Å². The third kappa shape index (κ3) is 4.79. The van der Waals surface area contributed by atoms with Crippen LogP contribution in [0.3, 0.4) is 0 Å². The number of aromatic nitrogens is 1. The maximum absolute atomic E-state index is 12.8. The molecule has 0 spiro atoms. The van der Waals surface area contributed by atoms with E-state index in [4.69, 9.17) is 0 Å². The van der Waals surface area contributed by atoms with Gasteiger partial charge in [-0.15, -0.1) is 0 Å². The van der Waals surface area contributed by atoms with Crippen molar-refractivity contribution in [2.24, 2.45) is 0 Å². The Morgan fingerprint density at radius 1 is 0.963 bits per heavy atom. The van der Waals surface area contributed by atoms with Crippen LogP contribution in [0.15, 0.2) is 48.7 Å². The summed E-state index contributed by atoms with van der Waals surface area (Å²) in [6.07, 6.45) is 3.92. The molecule has 27 heavy (non-hydrogen) atoms. The number of anilines is 2. The maximum atomic E-state index is 12.8. The summed E-state index contributed by atoms with van der Waals surface area (Å²) in [6.45, 7) is 9.56. The first-order valence-electron chi connectivity index (χ1n) is 10.0. The molecule has 1 saturated heterocycles. The number of hydrogen-bond donors (Lipinski definition) is 0. The van der Waals surface area contributed by atoms with E-state index >= 15 is 0 Å². The molecule has 0 aliphatic carbocycles. The van der Waals surface area contributed by atoms with Crippen LogP contribution in [0.4, 0.5) is 11.5 Å². The van der Waals surface area contributed by atoms with Gasteiger partial charge in [0.15, 0.2) is 0 Å². The fraction of sp³-hybridized carbons (Fsp3) is 0.455. The highest BCUT2D eigenvalue weighted by Crippen LogP contribution is 2.18. The van der Waals surface area contributed by atoms with Crippen LogP contribution in [-0.2, 0) is 0 Å². The topological polar surface area (TPSA) is 39.7 Å². The van der Waals surface area contributed by atoms with Gasteiger partial charge in [0.25, 0.3) is 5.91 Å². The lowest BCUT2D eigenvalue weighted by Crippen LogP contribution is -2.48. The molecule has 0 radical (unpaired) electrons. The lowest BCUT2D eigenvalue weighted by molar-refractivity contribution is 0.0746. The van der Waals surface area contributed by atoms with E-state index in [9.17, 15) is 4.79 Å². The predicted molar refractivity (Wildman–Crippen MR) is 112 cm³/mol. The van der Waals surface area contributed by atoms with Crippen LogP contribution in [0, 0.1) is 0 Å². The molecule has 0 unspecified atom stereocenters. The fourth-order valence-corrected chi connectivity index (χ4v) is 3.57. The van der Waals surface area contributed by atoms with Gasteiger partial charge in [-0.1, -0.05) is 32.0 Å². The largest absolute Gasteiger partial charge is 0.368 e. The third-order valence-electron chi connectivity index (χ3n) is 4.99. The Balaban J connectivity index is 1.60. The Bertz CT molecular complexity index is 703. The van der Waals surface area contributed by atoms with Gasteiger partial charge in [0.2, 0.25) is 0 Å². The van der Waals surface area contributed by atoms with E-state index in [1.807, 2.05) is 23.1 Å². The van der Waals surface area contributed by atoms with Crippen LogP contribution in [-0.4, -0.2) is 55.1 Å². The summed E-state index contributed by atoms with van der Waals surface area (Å²) >= 11 is 0. The molecule has 5 nitrogen and oxygen atoms in total. The number of carbonyl (C=O) groups excluding carboxylic acids is 1. The first-order chi connectivity index (χ1) is 13.2. The minimum Gasteiger partial charge on any atom is -0.368 e. The fourth-order valence-electron chi connectivity index (χ4n) is 3.57. The van der Waals surface area contributed by atoms with E-state index in [1.165, 1.54) is 5.69 Å². The monoisotopic (exact) mass is 366 g/mol. The van der Waals surface area contributed by atoms with Crippen LogP contribution < -0.4 is 9.80 Å². The van der Waals surface area contributed by atoms with E-state index < -0.39 is 0 Å². The van der Waals surface area contributed by atoms with Crippen LogP contribution in [0.25, 0.3) is 0 Å². The minimum atomic E-state index is 0.0827. The molecule has 0 N–H and O–H groups in total. The number of nitrogens with zero attached hydrogens (tertiary/aromatic N) is 4. The van der Waals surface area contributed by atoms with Crippen molar-refractivity contribution in [1.82, 2.24) is 9.88 Å². The summed E-state index contributed by atoms with van der Waals surface area (Å²) in [5, 5.41) is 0. The molecule has 2 heterocycles. The van der Waals surface area contributed by atoms with E-state index in [-0.39, 0.29) is 5.91 Å². The maximum Gasteiger partial charge on any atom is 0.255 e. The van der Waals surface area contributed by atoms with Crippen LogP contribution in [0.5, 0.6) is 0 Å². The predicted octanol–water partition coefficient (Wildman–Crippen LogP) is 3.67. The normalized spacial score (nSPS) is 14.3. The Kier molecular flexibility index (Phi) is 6.69. The highest BCUT2D eigenvalue weighted by molar-refractivity contribution is 5.94. The van der Waals surface area contributed by atoms with Crippen molar-refractivity contribution in [3.63, 3.8) is 0 Å². The molecule has 2 aromatic rings. The number of pyridine rings is 1. The Morgan fingerprint density at radius 3 is 2.19 bits per heavy atom. The molecular formula is C22H30N4O. The van der Waals surface area contributed by atoms with Gasteiger partial charge in [-0.2, -0.15) is 0 Å². The number of amides is 1. The van der Waals surface area contributed by atoms with Crippen molar-refractivity contribution in [3.8, 4) is 0 Å². The van der Waals surface area contributed by atoms with Gasteiger partial charge in [-0.25, -0.2) is 4.98 Å². The minimum absolute atomic E-state index is 0.0827. The van der Waals surface area contributed by atoms with Gasteiger partial charge in [-0.05, 0) is 37.1 Å². The molecule has 1 aromatic heterocycles. The molecule has 1 aliphatic heterocycles. The summed E-state index contributed by atoms with van der Waals surface area (Å²) in [6, 6.07) is 14.3. The van der Waals surface area contributed by atoms with E-state index in [0.717, 1.165) is 57.9 Å². The van der Waals surface area contributed by atoms with Gasteiger partial charge in [-0.3, -0.25) is 4.79 Å². The number of para-hydroxylation sites is 1. The average Bonchev–Trinajstić information content (AvgIpc) is 2.74. The Morgan fingerprint density at radius 2 is 1.63 bits per heavy atom. The summed E-state index contributed by atoms with van der Waals surface area (Å²) in [7, 11) is 0. The van der Waals surface area contributed by atoms with Gasteiger partial charge in [0.05, 0.1) is 5.56 Å². The number of hydrogen-bond acceptors (Lipinski definition) is 4. The van der Waals surface area contributed by atoms with Crippen molar-refractivity contribution in [3.05, 3.63) is 54.2 Å². The zero-order valence-corrected chi connectivity index (χ0v) is 16.5. The quantitative estimate of drug-likeness (QED) is 0.750. The van der Waals surface area contributed by atoms with Crippen molar-refractivity contribution in [1.29, 1.82) is 0 Å². The Hall–Kier alpha value is -2.56. The van der Waals surface area contributed by atoms with Crippen molar-refractivity contribution in [2.75, 3.05) is 49.1 Å². The molecule has 1 fully saturated rings. The van der Waals surface area contributed by atoms with Gasteiger partial charge in [0.1, 0.15) is 5.82 Å². The van der Waals surface area contributed by atoms with Crippen molar-refractivity contribution < 1.29 is 4.79 Å². The molecular weight excluding hydrogens is 336 g/mol. The number of benzene rings is 1. The lowest BCUT2D eigenvalue weighted by atomic mass is 10.2. The summed E-state index contributed by atoms with van der Waals surface area (Å²) in [5.41, 5.74) is 1.91. The van der Waals surface area contributed by atoms with E-state index in [1.54, 1.807) is 6.20 Å². The molecule has 1 aliphatic rings. The molecule has 0 bridgehead atoms. The average molecular weight is 367 g/mol. The van der Waals surface area contributed by atoms with Gasteiger partial charge < -0.3 is 14.7 Å². The molecule has 3 rings (SSSR count). The first-order valence-corrected chi connectivity index (χ1v) is 10.0. The first kappa shape index (κ1) is 19.2. The summed E-state index contributed by atoms with van der Waals surface area (Å²) in [4.78, 5) is 23.9. The van der Waals surface area contributed by atoms with E-state index in [2.05, 4.69) is 52.9 Å². The number of rotatable bonds is 7. The third-order valence-corrected chi connectivity index (χ3v) is 4.99. The molecule has 144 valence electrons. The highest BCUT2D eigenvalue weighted by Gasteiger charge is 2.22. The molecule has 0 saturated carbocycles. The smallest absolute Gasteiger partial charge is 0.255 e. The summed E-state index contributed by atoms with van der Waals surface area (Å²) < 4.78 is 0. The number of carbonyl (C=O) groups is 1. The second-order valence-corrected chi connectivity index (χ2v) is 7.01. The van der Waals surface area contributed by atoms with Crippen LogP contribution in [0.1, 0.15) is 37.0 Å². The van der Waals surface area contributed by atoms with Gasteiger partial charge >= 0.3 is 0 Å². The van der Waals surface area contributed by atoms with Crippen LogP contribution in [0.2, 0.25) is 0 Å². The molecule has 0 atom stereocenters. The zero-order valence-electron chi connectivity index (χ0n) is 16.5. The van der Waals surface area contributed by atoms with Crippen molar-refractivity contribution in [2.45, 2.75) is 26.7 Å². The lowest BCUT2D eigenvalue weighted by Gasteiger charge is -2.36. The highest BCUT2D eigenvalue weighted by atomic mass is 16.2. The molecule has 1 aromatic carbocycles. The molecule has 5 heteroatoms. The zero-order chi connectivity index (χ0) is 19.1. The SMILES string of the molecule is CCCN(CCC)c1ccc(C(=O)N2CCN(c3ccccc3)CC2)cn1. The van der Waals surface area contributed by atoms with E-state index in [0.29, 0.717) is 5.56 Å². The number of piperazine rings is 1. The van der Waals surface area contributed by atoms with Crippen LogP contribution >= 0.6 is 0 Å². The second kappa shape index (κ2) is 9.40. The molecule has 1 amide bonds. The standard InChI is InChI=1S/C22H30N4O/c1-3-12-25(13-4-2)21-11-10-19(18-23-21)22(27)26-16-14-24(15-17-26)20-8-6-5-7-9-20/h5-11,18H,3-4,12-17H2,1-2H3.